The highest BCUT2D eigenvalue weighted by atomic mass is 16.5. The van der Waals surface area contributed by atoms with Crippen molar-refractivity contribution < 1.29 is 19.1 Å². The lowest BCUT2D eigenvalue weighted by Gasteiger charge is -2.14. The van der Waals surface area contributed by atoms with Gasteiger partial charge in [-0.3, -0.25) is 9.59 Å². The Morgan fingerprint density at radius 1 is 0.586 bits per heavy atom. The van der Waals surface area contributed by atoms with E-state index in [1.165, 1.54) is 12.2 Å². The van der Waals surface area contributed by atoms with E-state index in [0.29, 0.717) is 18.9 Å². The number of carbonyl (C=O) groups excluding carboxylic acids is 2. The number of amides is 2. The fourth-order valence-corrected chi connectivity index (χ4v) is 2.94. The zero-order valence-corrected chi connectivity index (χ0v) is 15.7. The van der Waals surface area contributed by atoms with Crippen LogP contribution in [0.3, 0.4) is 0 Å². The molecule has 0 radical (unpaired) electrons. The largest absolute Gasteiger partial charge is 0.489 e. The van der Waals surface area contributed by atoms with Crippen LogP contribution >= 0.6 is 0 Å². The van der Waals surface area contributed by atoms with Crippen molar-refractivity contribution in [1.29, 1.82) is 0 Å². The molecule has 2 amide bonds. The van der Waals surface area contributed by atoms with Crippen molar-refractivity contribution in [2.45, 2.75) is 13.2 Å². The summed E-state index contributed by atoms with van der Waals surface area (Å²) < 4.78 is 11.6. The van der Waals surface area contributed by atoms with Gasteiger partial charge in [-0.25, -0.2) is 4.90 Å². The summed E-state index contributed by atoms with van der Waals surface area (Å²) >= 11 is 0. The second-order valence-electron chi connectivity index (χ2n) is 6.55. The molecule has 0 saturated carbocycles. The summed E-state index contributed by atoms with van der Waals surface area (Å²) in [6, 6.07) is 24.6. The Morgan fingerprint density at radius 3 is 1.59 bits per heavy atom. The third-order valence-corrected chi connectivity index (χ3v) is 4.48. The molecule has 0 aliphatic carbocycles. The maximum absolute atomic E-state index is 11.7. The number of hydrogen-bond acceptors (Lipinski definition) is 4. The summed E-state index contributed by atoms with van der Waals surface area (Å²) in [7, 11) is 0. The lowest BCUT2D eigenvalue weighted by atomic mass is 10.2. The number of benzene rings is 3. The van der Waals surface area contributed by atoms with Crippen LogP contribution in [0.15, 0.2) is 91.0 Å². The van der Waals surface area contributed by atoms with Gasteiger partial charge < -0.3 is 9.47 Å². The number of carbonyl (C=O) groups is 2. The van der Waals surface area contributed by atoms with Crippen LogP contribution in [0.1, 0.15) is 11.1 Å². The molecule has 1 aliphatic rings. The Hall–Kier alpha value is -3.86. The molecule has 0 aromatic heterocycles. The number of nitrogens with zero attached hydrogens (tertiary/aromatic N) is 1. The lowest BCUT2D eigenvalue weighted by molar-refractivity contribution is -0.119. The monoisotopic (exact) mass is 385 g/mol. The molecule has 144 valence electrons. The normalized spacial score (nSPS) is 13.0. The summed E-state index contributed by atoms with van der Waals surface area (Å²) in [6.07, 6.45) is 2.54. The van der Waals surface area contributed by atoms with Gasteiger partial charge in [-0.15, -0.1) is 0 Å². The van der Waals surface area contributed by atoms with Gasteiger partial charge in [0.15, 0.2) is 0 Å². The third kappa shape index (κ3) is 4.52. The summed E-state index contributed by atoms with van der Waals surface area (Å²) in [5.41, 5.74) is 2.60. The van der Waals surface area contributed by atoms with E-state index in [-0.39, 0.29) is 11.8 Å². The molecule has 0 fully saturated rings. The van der Waals surface area contributed by atoms with Gasteiger partial charge >= 0.3 is 0 Å². The van der Waals surface area contributed by atoms with Crippen LogP contribution in [0, 0.1) is 0 Å². The number of hydrogen-bond donors (Lipinski definition) is 0. The molecule has 0 atom stereocenters. The maximum Gasteiger partial charge on any atom is 0.258 e. The fraction of sp³-hybridized carbons (Fsp3) is 0.0833. The Kier molecular flexibility index (Phi) is 5.38. The second kappa shape index (κ2) is 8.44. The highest BCUT2D eigenvalue weighted by Gasteiger charge is 2.24. The summed E-state index contributed by atoms with van der Waals surface area (Å²) in [5.74, 6) is 0.858. The standard InChI is InChI=1S/C24H19NO4/c26-23-14-15-24(27)25(23)20-8-6-19(7-9-20)17-29-22-12-10-21(11-13-22)28-16-18-4-2-1-3-5-18/h1-15H,16-17H2. The minimum absolute atomic E-state index is 0.325. The summed E-state index contributed by atoms with van der Waals surface area (Å²) in [6.45, 7) is 0.898. The van der Waals surface area contributed by atoms with Crippen LogP contribution in [0.25, 0.3) is 0 Å². The molecule has 0 spiro atoms. The first kappa shape index (κ1) is 18.5. The van der Waals surface area contributed by atoms with Crippen LogP contribution in [0.2, 0.25) is 0 Å². The Morgan fingerprint density at radius 2 is 1.07 bits per heavy atom. The Bertz CT molecular complexity index is 1010. The molecule has 0 saturated heterocycles. The highest BCUT2D eigenvalue weighted by Crippen LogP contribution is 2.22. The summed E-state index contributed by atoms with van der Waals surface area (Å²) in [4.78, 5) is 24.6. The number of anilines is 1. The van der Waals surface area contributed by atoms with Gasteiger partial charge in [0.1, 0.15) is 24.7 Å². The van der Waals surface area contributed by atoms with E-state index < -0.39 is 0 Å². The van der Waals surface area contributed by atoms with E-state index in [0.717, 1.165) is 27.5 Å². The van der Waals surface area contributed by atoms with E-state index in [1.807, 2.05) is 66.7 Å². The van der Waals surface area contributed by atoms with Crippen molar-refractivity contribution in [3.05, 3.63) is 102 Å². The van der Waals surface area contributed by atoms with Crippen LogP contribution in [-0.2, 0) is 22.8 Å². The first-order chi connectivity index (χ1) is 14.2. The van der Waals surface area contributed by atoms with E-state index >= 15 is 0 Å². The van der Waals surface area contributed by atoms with E-state index in [1.54, 1.807) is 12.1 Å². The number of imide groups is 1. The summed E-state index contributed by atoms with van der Waals surface area (Å²) in [5, 5.41) is 0. The first-order valence-electron chi connectivity index (χ1n) is 9.24. The van der Waals surface area contributed by atoms with E-state index in [2.05, 4.69) is 0 Å². The number of rotatable bonds is 7. The van der Waals surface area contributed by atoms with Crippen LogP contribution in [-0.4, -0.2) is 11.8 Å². The van der Waals surface area contributed by atoms with E-state index in [4.69, 9.17) is 9.47 Å². The Labute approximate surface area is 168 Å². The molecule has 5 nitrogen and oxygen atoms in total. The maximum atomic E-state index is 11.7. The van der Waals surface area contributed by atoms with Gasteiger partial charge in [-0.2, -0.15) is 0 Å². The molecular formula is C24H19NO4. The smallest absolute Gasteiger partial charge is 0.258 e. The van der Waals surface area contributed by atoms with Gasteiger partial charge in [0.25, 0.3) is 11.8 Å². The van der Waals surface area contributed by atoms with Gasteiger partial charge in [0, 0.05) is 12.2 Å². The average molecular weight is 385 g/mol. The molecule has 5 heteroatoms. The predicted octanol–water partition coefficient (Wildman–Crippen LogP) is 4.27. The lowest BCUT2D eigenvalue weighted by Crippen LogP contribution is -2.29. The van der Waals surface area contributed by atoms with Crippen molar-refractivity contribution in [2.75, 3.05) is 4.90 Å². The van der Waals surface area contributed by atoms with Crippen molar-refractivity contribution in [3.8, 4) is 11.5 Å². The predicted molar refractivity (Wildman–Crippen MR) is 110 cm³/mol. The molecule has 1 aliphatic heterocycles. The minimum atomic E-state index is -0.325. The molecule has 0 bridgehead atoms. The molecule has 0 unspecified atom stereocenters. The minimum Gasteiger partial charge on any atom is -0.489 e. The molecule has 29 heavy (non-hydrogen) atoms. The Balaban J connectivity index is 1.30. The van der Waals surface area contributed by atoms with Gasteiger partial charge in [0.2, 0.25) is 0 Å². The molecule has 0 N–H and O–H groups in total. The number of ether oxygens (including phenoxy) is 2. The quantitative estimate of drug-likeness (QED) is 0.570. The molecule has 1 heterocycles. The average Bonchev–Trinajstić information content (AvgIpc) is 3.11. The third-order valence-electron chi connectivity index (χ3n) is 4.48. The van der Waals surface area contributed by atoms with Crippen molar-refractivity contribution in [1.82, 2.24) is 0 Å². The SMILES string of the molecule is O=C1C=CC(=O)N1c1ccc(COc2ccc(OCc3ccccc3)cc2)cc1. The molecule has 4 rings (SSSR count). The van der Waals surface area contributed by atoms with Gasteiger partial charge in [-0.05, 0) is 47.5 Å². The zero-order valence-electron chi connectivity index (χ0n) is 15.7. The highest BCUT2D eigenvalue weighted by molar-refractivity contribution is 6.28. The topological polar surface area (TPSA) is 55.8 Å². The fourth-order valence-electron chi connectivity index (χ4n) is 2.94. The van der Waals surface area contributed by atoms with Crippen LogP contribution in [0.5, 0.6) is 11.5 Å². The van der Waals surface area contributed by atoms with Crippen molar-refractivity contribution in [3.63, 3.8) is 0 Å². The van der Waals surface area contributed by atoms with Crippen molar-refractivity contribution in [2.24, 2.45) is 0 Å². The van der Waals surface area contributed by atoms with Gasteiger partial charge in [0.05, 0.1) is 5.69 Å². The zero-order chi connectivity index (χ0) is 20.1. The molecule has 3 aromatic rings. The van der Waals surface area contributed by atoms with Crippen molar-refractivity contribution >= 4 is 17.5 Å². The molecular weight excluding hydrogens is 366 g/mol. The second-order valence-corrected chi connectivity index (χ2v) is 6.55. The van der Waals surface area contributed by atoms with Crippen LogP contribution < -0.4 is 14.4 Å². The molecule has 3 aromatic carbocycles. The van der Waals surface area contributed by atoms with E-state index in [9.17, 15) is 9.59 Å². The van der Waals surface area contributed by atoms with Gasteiger partial charge in [-0.1, -0.05) is 42.5 Å². The first-order valence-corrected chi connectivity index (χ1v) is 9.24. The van der Waals surface area contributed by atoms with Crippen LogP contribution in [0.4, 0.5) is 5.69 Å².